The Morgan fingerprint density at radius 1 is 1.00 bits per heavy atom. The van der Waals surface area contributed by atoms with E-state index in [0.29, 0.717) is 29.7 Å². The Bertz CT molecular complexity index is 906. The van der Waals surface area contributed by atoms with Gasteiger partial charge in [-0.05, 0) is 35.7 Å². The number of rotatable bonds is 8. The van der Waals surface area contributed by atoms with E-state index in [1.165, 1.54) is 0 Å². The van der Waals surface area contributed by atoms with Crippen molar-refractivity contribution in [1.82, 2.24) is 5.32 Å². The molecule has 150 valence electrons. The zero-order chi connectivity index (χ0) is 20.6. The summed E-state index contributed by atoms with van der Waals surface area (Å²) in [6.45, 7) is 2.71. The van der Waals surface area contributed by atoms with Gasteiger partial charge in [0.1, 0.15) is 0 Å². The molecule has 1 amide bonds. The van der Waals surface area contributed by atoms with Crippen LogP contribution < -0.4 is 14.8 Å². The van der Waals surface area contributed by atoms with Crippen molar-refractivity contribution in [2.75, 3.05) is 13.7 Å². The zero-order valence-electron chi connectivity index (χ0n) is 16.5. The van der Waals surface area contributed by atoms with Gasteiger partial charge in [-0.2, -0.15) is 0 Å². The SMILES string of the molecule is CCOc1c(Cl)cc(CNC(=O)C(c2ccccc2)c2ccccc2)cc1OC. The molecule has 0 saturated carbocycles. The fraction of sp³-hybridized carbons (Fsp3) is 0.208. The van der Waals surface area contributed by atoms with Crippen LogP contribution in [-0.4, -0.2) is 19.6 Å². The van der Waals surface area contributed by atoms with E-state index in [1.54, 1.807) is 13.2 Å². The third-order valence-electron chi connectivity index (χ3n) is 4.57. The highest BCUT2D eigenvalue weighted by Crippen LogP contribution is 2.36. The standard InChI is InChI=1S/C24H24ClNO3/c1-3-29-23-20(25)14-17(15-21(23)28-2)16-26-24(27)22(18-10-6-4-7-11-18)19-12-8-5-9-13-19/h4-15,22H,3,16H2,1-2H3,(H,26,27). The molecule has 0 saturated heterocycles. The Hall–Kier alpha value is -2.98. The number of carbonyl (C=O) groups excluding carboxylic acids is 1. The molecule has 3 rings (SSSR count). The van der Waals surface area contributed by atoms with Crippen molar-refractivity contribution in [3.8, 4) is 11.5 Å². The highest BCUT2D eigenvalue weighted by atomic mass is 35.5. The van der Waals surface area contributed by atoms with E-state index in [0.717, 1.165) is 16.7 Å². The number of ether oxygens (including phenoxy) is 2. The van der Waals surface area contributed by atoms with Gasteiger partial charge in [0.15, 0.2) is 11.5 Å². The molecule has 0 aliphatic carbocycles. The maximum Gasteiger partial charge on any atom is 0.232 e. The normalized spacial score (nSPS) is 10.6. The number of hydrogen-bond donors (Lipinski definition) is 1. The van der Waals surface area contributed by atoms with Crippen LogP contribution in [0.3, 0.4) is 0 Å². The van der Waals surface area contributed by atoms with Crippen LogP contribution in [-0.2, 0) is 11.3 Å². The first-order valence-electron chi connectivity index (χ1n) is 9.50. The van der Waals surface area contributed by atoms with Crippen molar-refractivity contribution in [1.29, 1.82) is 0 Å². The van der Waals surface area contributed by atoms with Gasteiger partial charge >= 0.3 is 0 Å². The predicted octanol–water partition coefficient (Wildman–Crippen LogP) is 5.20. The van der Waals surface area contributed by atoms with Gasteiger partial charge < -0.3 is 14.8 Å². The second kappa shape index (κ2) is 9.99. The van der Waals surface area contributed by atoms with Gasteiger partial charge in [-0.25, -0.2) is 0 Å². The van der Waals surface area contributed by atoms with Crippen LogP contribution in [0.2, 0.25) is 5.02 Å². The zero-order valence-corrected chi connectivity index (χ0v) is 17.3. The van der Waals surface area contributed by atoms with Crippen molar-refractivity contribution >= 4 is 17.5 Å². The summed E-state index contributed by atoms with van der Waals surface area (Å²) in [5, 5.41) is 3.49. The molecule has 0 bridgehead atoms. The Morgan fingerprint density at radius 2 is 1.59 bits per heavy atom. The van der Waals surface area contributed by atoms with Gasteiger partial charge in [0.2, 0.25) is 5.91 Å². The van der Waals surface area contributed by atoms with Crippen LogP contribution in [0, 0.1) is 0 Å². The predicted molar refractivity (Wildman–Crippen MR) is 116 cm³/mol. The monoisotopic (exact) mass is 409 g/mol. The largest absolute Gasteiger partial charge is 0.493 e. The smallest absolute Gasteiger partial charge is 0.232 e. The van der Waals surface area contributed by atoms with E-state index in [-0.39, 0.29) is 5.91 Å². The molecule has 0 atom stereocenters. The number of hydrogen-bond acceptors (Lipinski definition) is 3. The molecule has 0 aliphatic rings. The second-order valence-electron chi connectivity index (χ2n) is 6.51. The van der Waals surface area contributed by atoms with E-state index in [4.69, 9.17) is 21.1 Å². The van der Waals surface area contributed by atoms with E-state index in [2.05, 4.69) is 5.32 Å². The molecular formula is C24H24ClNO3. The Morgan fingerprint density at radius 3 is 2.10 bits per heavy atom. The molecule has 0 heterocycles. The lowest BCUT2D eigenvalue weighted by Crippen LogP contribution is -2.29. The highest BCUT2D eigenvalue weighted by Gasteiger charge is 2.22. The summed E-state index contributed by atoms with van der Waals surface area (Å²) in [7, 11) is 1.57. The lowest BCUT2D eigenvalue weighted by Gasteiger charge is -2.18. The summed E-state index contributed by atoms with van der Waals surface area (Å²) in [6.07, 6.45) is 0. The summed E-state index contributed by atoms with van der Waals surface area (Å²) in [5.74, 6) is 0.591. The van der Waals surface area contributed by atoms with E-state index in [9.17, 15) is 4.79 Å². The molecule has 0 fully saturated rings. The third kappa shape index (κ3) is 5.09. The molecule has 0 radical (unpaired) electrons. The quantitative estimate of drug-likeness (QED) is 0.556. The van der Waals surface area contributed by atoms with Crippen molar-refractivity contribution in [3.63, 3.8) is 0 Å². The van der Waals surface area contributed by atoms with Crippen LogP contribution in [0.1, 0.15) is 29.5 Å². The van der Waals surface area contributed by atoms with Crippen molar-refractivity contribution in [2.24, 2.45) is 0 Å². The lowest BCUT2D eigenvalue weighted by molar-refractivity contribution is -0.121. The maximum absolute atomic E-state index is 13.1. The molecule has 0 spiro atoms. The Labute approximate surface area is 176 Å². The third-order valence-corrected chi connectivity index (χ3v) is 4.85. The van der Waals surface area contributed by atoms with Crippen LogP contribution in [0.15, 0.2) is 72.8 Å². The van der Waals surface area contributed by atoms with E-state index < -0.39 is 5.92 Å². The van der Waals surface area contributed by atoms with Gasteiger partial charge in [-0.1, -0.05) is 72.3 Å². The van der Waals surface area contributed by atoms with Crippen LogP contribution in [0.5, 0.6) is 11.5 Å². The van der Waals surface area contributed by atoms with E-state index in [1.807, 2.05) is 73.7 Å². The lowest BCUT2D eigenvalue weighted by atomic mass is 9.90. The summed E-state index contributed by atoms with van der Waals surface area (Å²) >= 11 is 6.34. The number of halogens is 1. The second-order valence-corrected chi connectivity index (χ2v) is 6.92. The molecule has 5 heteroatoms. The number of amides is 1. The molecule has 1 N–H and O–H groups in total. The molecule has 29 heavy (non-hydrogen) atoms. The van der Waals surface area contributed by atoms with Crippen molar-refractivity contribution < 1.29 is 14.3 Å². The minimum atomic E-state index is -0.391. The summed E-state index contributed by atoms with van der Waals surface area (Å²) < 4.78 is 10.9. The minimum absolute atomic E-state index is 0.0774. The molecule has 3 aromatic carbocycles. The number of carbonyl (C=O) groups is 1. The van der Waals surface area contributed by atoms with Crippen molar-refractivity contribution in [2.45, 2.75) is 19.4 Å². The van der Waals surface area contributed by atoms with Gasteiger partial charge in [0, 0.05) is 6.54 Å². The van der Waals surface area contributed by atoms with Gasteiger partial charge in [-0.15, -0.1) is 0 Å². The fourth-order valence-electron chi connectivity index (χ4n) is 3.24. The molecule has 0 aromatic heterocycles. The van der Waals surface area contributed by atoms with E-state index >= 15 is 0 Å². The van der Waals surface area contributed by atoms with Gasteiger partial charge in [0.05, 0.1) is 24.7 Å². The highest BCUT2D eigenvalue weighted by molar-refractivity contribution is 6.32. The first kappa shape index (κ1) is 20.7. The number of methoxy groups -OCH3 is 1. The van der Waals surface area contributed by atoms with Crippen LogP contribution in [0.4, 0.5) is 0 Å². The average Bonchev–Trinajstić information content (AvgIpc) is 2.75. The number of nitrogens with one attached hydrogen (secondary N) is 1. The molecule has 3 aromatic rings. The molecule has 4 nitrogen and oxygen atoms in total. The summed E-state index contributed by atoms with van der Waals surface area (Å²) in [6, 6.07) is 23.1. The topological polar surface area (TPSA) is 47.6 Å². The molecular weight excluding hydrogens is 386 g/mol. The van der Waals surface area contributed by atoms with Crippen molar-refractivity contribution in [3.05, 3.63) is 94.5 Å². The van der Waals surface area contributed by atoms with Gasteiger partial charge in [0.25, 0.3) is 0 Å². The summed E-state index contributed by atoms with van der Waals surface area (Å²) in [4.78, 5) is 13.1. The first-order valence-corrected chi connectivity index (χ1v) is 9.88. The van der Waals surface area contributed by atoms with Crippen LogP contribution >= 0.6 is 11.6 Å². The Kier molecular flexibility index (Phi) is 7.14. The maximum atomic E-state index is 13.1. The first-order chi connectivity index (χ1) is 14.1. The average molecular weight is 410 g/mol. The summed E-state index contributed by atoms with van der Waals surface area (Å²) in [5.41, 5.74) is 2.72. The fourth-order valence-corrected chi connectivity index (χ4v) is 3.52. The van der Waals surface area contributed by atoms with Gasteiger partial charge in [-0.3, -0.25) is 4.79 Å². The Balaban J connectivity index is 1.82. The van der Waals surface area contributed by atoms with Crippen LogP contribution in [0.25, 0.3) is 0 Å². The minimum Gasteiger partial charge on any atom is -0.493 e. The number of benzene rings is 3. The molecule has 0 unspecified atom stereocenters. The molecule has 0 aliphatic heterocycles.